The highest BCUT2D eigenvalue weighted by molar-refractivity contribution is 5.46. The molecule has 2 N–H and O–H groups in total. The zero-order chi connectivity index (χ0) is 14.8. The molecule has 0 bridgehead atoms. The van der Waals surface area contributed by atoms with Gasteiger partial charge in [0.05, 0.1) is 6.61 Å². The molecule has 0 unspecified atom stereocenters. The van der Waals surface area contributed by atoms with Gasteiger partial charge in [-0.1, -0.05) is 13.8 Å². The van der Waals surface area contributed by atoms with Crippen molar-refractivity contribution in [1.82, 2.24) is 0 Å². The summed E-state index contributed by atoms with van der Waals surface area (Å²) in [5.74, 6) is 0.459. The lowest BCUT2D eigenvalue weighted by Crippen LogP contribution is -2.30. The van der Waals surface area contributed by atoms with Crippen molar-refractivity contribution >= 4 is 5.69 Å². The highest BCUT2D eigenvalue weighted by Crippen LogP contribution is 2.15. The first kappa shape index (κ1) is 16.9. The van der Waals surface area contributed by atoms with Gasteiger partial charge in [0.1, 0.15) is 5.82 Å². The molecule has 0 fully saturated rings. The fourth-order valence-electron chi connectivity index (χ4n) is 1.90. The standard InChI is InChI=1S/C16H27FN2O/c1-14(2)8-12-20-13-11-19(10-3-9-18)16-6-4-15(17)5-7-16/h4-7,14H,3,8-13,18H2,1-2H3. The highest BCUT2D eigenvalue weighted by Gasteiger charge is 2.06. The van der Waals surface area contributed by atoms with E-state index in [0.717, 1.165) is 38.2 Å². The van der Waals surface area contributed by atoms with Crippen molar-refractivity contribution in [3.05, 3.63) is 30.1 Å². The van der Waals surface area contributed by atoms with Crippen LogP contribution >= 0.6 is 0 Å². The second kappa shape index (κ2) is 9.72. The minimum atomic E-state index is -0.208. The van der Waals surface area contributed by atoms with Crippen LogP contribution in [0.5, 0.6) is 0 Å². The topological polar surface area (TPSA) is 38.5 Å². The van der Waals surface area contributed by atoms with Crippen LogP contribution < -0.4 is 10.6 Å². The molecule has 0 aromatic heterocycles. The van der Waals surface area contributed by atoms with E-state index in [1.54, 1.807) is 12.1 Å². The summed E-state index contributed by atoms with van der Waals surface area (Å²) >= 11 is 0. The molecule has 0 aliphatic heterocycles. The third-order valence-corrected chi connectivity index (χ3v) is 3.17. The van der Waals surface area contributed by atoms with Gasteiger partial charge in [-0.2, -0.15) is 0 Å². The van der Waals surface area contributed by atoms with E-state index < -0.39 is 0 Å². The SMILES string of the molecule is CC(C)CCOCCN(CCCN)c1ccc(F)cc1. The fraction of sp³-hybridized carbons (Fsp3) is 0.625. The van der Waals surface area contributed by atoms with Crippen LogP contribution in [0.2, 0.25) is 0 Å². The Morgan fingerprint density at radius 1 is 1.15 bits per heavy atom. The smallest absolute Gasteiger partial charge is 0.123 e. The number of hydrogen-bond donors (Lipinski definition) is 1. The monoisotopic (exact) mass is 282 g/mol. The largest absolute Gasteiger partial charge is 0.380 e. The molecule has 1 rings (SSSR count). The van der Waals surface area contributed by atoms with Gasteiger partial charge in [-0.3, -0.25) is 0 Å². The average Bonchev–Trinajstić information content (AvgIpc) is 2.42. The van der Waals surface area contributed by atoms with E-state index >= 15 is 0 Å². The minimum absolute atomic E-state index is 0.208. The van der Waals surface area contributed by atoms with Gasteiger partial charge in [0, 0.05) is 25.4 Å². The number of halogens is 1. The lowest BCUT2D eigenvalue weighted by molar-refractivity contribution is 0.129. The first-order valence-electron chi connectivity index (χ1n) is 7.41. The third kappa shape index (κ3) is 6.87. The Morgan fingerprint density at radius 2 is 1.85 bits per heavy atom. The summed E-state index contributed by atoms with van der Waals surface area (Å²) in [6.45, 7) is 8.20. The summed E-state index contributed by atoms with van der Waals surface area (Å²) in [4.78, 5) is 2.20. The van der Waals surface area contributed by atoms with Crippen molar-refractivity contribution < 1.29 is 9.13 Å². The van der Waals surface area contributed by atoms with Gasteiger partial charge in [-0.15, -0.1) is 0 Å². The van der Waals surface area contributed by atoms with E-state index in [1.165, 1.54) is 12.1 Å². The summed E-state index contributed by atoms with van der Waals surface area (Å²) < 4.78 is 18.6. The summed E-state index contributed by atoms with van der Waals surface area (Å²) in [5.41, 5.74) is 6.59. The van der Waals surface area contributed by atoms with Gasteiger partial charge in [-0.05, 0) is 49.6 Å². The Kier molecular flexibility index (Phi) is 8.23. The molecule has 0 aliphatic rings. The van der Waals surface area contributed by atoms with Crippen LogP contribution in [-0.4, -0.2) is 32.8 Å². The predicted molar refractivity (Wildman–Crippen MR) is 82.6 cm³/mol. The number of nitrogens with zero attached hydrogens (tertiary/aromatic N) is 1. The number of anilines is 1. The molecular formula is C16H27FN2O. The Labute approximate surface area is 121 Å². The average molecular weight is 282 g/mol. The van der Waals surface area contributed by atoms with Crippen molar-refractivity contribution in [3.63, 3.8) is 0 Å². The molecule has 0 amide bonds. The molecular weight excluding hydrogens is 255 g/mol. The number of hydrogen-bond acceptors (Lipinski definition) is 3. The van der Waals surface area contributed by atoms with Crippen LogP contribution in [0.3, 0.4) is 0 Å². The fourth-order valence-corrected chi connectivity index (χ4v) is 1.90. The zero-order valence-corrected chi connectivity index (χ0v) is 12.6. The Balaban J connectivity index is 2.41. The maximum Gasteiger partial charge on any atom is 0.123 e. The first-order chi connectivity index (χ1) is 9.63. The van der Waals surface area contributed by atoms with E-state index in [0.29, 0.717) is 19.1 Å². The molecule has 20 heavy (non-hydrogen) atoms. The van der Waals surface area contributed by atoms with Crippen LogP contribution in [0.4, 0.5) is 10.1 Å². The molecule has 4 heteroatoms. The summed E-state index contributed by atoms with van der Waals surface area (Å²) in [7, 11) is 0. The van der Waals surface area contributed by atoms with Crippen molar-refractivity contribution in [1.29, 1.82) is 0 Å². The van der Waals surface area contributed by atoms with E-state index in [1.807, 2.05) is 0 Å². The Morgan fingerprint density at radius 3 is 2.45 bits per heavy atom. The first-order valence-corrected chi connectivity index (χ1v) is 7.41. The lowest BCUT2D eigenvalue weighted by atomic mass is 10.1. The van der Waals surface area contributed by atoms with Gasteiger partial charge in [0.15, 0.2) is 0 Å². The summed E-state index contributed by atoms with van der Waals surface area (Å²) in [6.07, 6.45) is 2.00. The highest BCUT2D eigenvalue weighted by atomic mass is 19.1. The Hall–Kier alpha value is -1.13. The Bertz CT molecular complexity index is 354. The zero-order valence-electron chi connectivity index (χ0n) is 12.6. The van der Waals surface area contributed by atoms with Crippen molar-refractivity contribution in [3.8, 4) is 0 Å². The van der Waals surface area contributed by atoms with Crippen LogP contribution in [0.15, 0.2) is 24.3 Å². The number of rotatable bonds is 10. The molecule has 0 spiro atoms. The third-order valence-electron chi connectivity index (χ3n) is 3.17. The molecule has 114 valence electrons. The molecule has 0 aliphatic carbocycles. The normalized spacial score (nSPS) is 11.1. The maximum absolute atomic E-state index is 13.0. The molecule has 3 nitrogen and oxygen atoms in total. The molecule has 1 aromatic rings. The van der Waals surface area contributed by atoms with Gasteiger partial charge >= 0.3 is 0 Å². The van der Waals surface area contributed by atoms with Crippen LogP contribution in [-0.2, 0) is 4.74 Å². The number of benzene rings is 1. The van der Waals surface area contributed by atoms with Gasteiger partial charge in [-0.25, -0.2) is 4.39 Å². The van der Waals surface area contributed by atoms with Crippen LogP contribution in [0.1, 0.15) is 26.7 Å². The predicted octanol–water partition coefficient (Wildman–Crippen LogP) is 3.04. The van der Waals surface area contributed by atoms with E-state index in [2.05, 4.69) is 18.7 Å². The molecule has 0 atom stereocenters. The number of ether oxygens (including phenoxy) is 1. The van der Waals surface area contributed by atoms with E-state index in [4.69, 9.17) is 10.5 Å². The lowest BCUT2D eigenvalue weighted by Gasteiger charge is -2.24. The molecule has 0 heterocycles. The van der Waals surface area contributed by atoms with Crippen molar-refractivity contribution in [2.24, 2.45) is 11.7 Å². The second-order valence-electron chi connectivity index (χ2n) is 5.40. The van der Waals surface area contributed by atoms with E-state index in [-0.39, 0.29) is 5.82 Å². The molecule has 0 saturated heterocycles. The van der Waals surface area contributed by atoms with E-state index in [9.17, 15) is 4.39 Å². The number of nitrogens with two attached hydrogens (primary N) is 1. The molecule has 0 radical (unpaired) electrons. The van der Waals surface area contributed by atoms with Crippen LogP contribution in [0, 0.1) is 11.7 Å². The molecule has 0 saturated carbocycles. The minimum Gasteiger partial charge on any atom is -0.380 e. The quantitative estimate of drug-likeness (QED) is 0.670. The van der Waals surface area contributed by atoms with Gasteiger partial charge in [0.2, 0.25) is 0 Å². The summed E-state index contributed by atoms with van der Waals surface area (Å²) in [6, 6.07) is 6.59. The van der Waals surface area contributed by atoms with Crippen molar-refractivity contribution in [2.45, 2.75) is 26.7 Å². The van der Waals surface area contributed by atoms with Crippen LogP contribution in [0.25, 0.3) is 0 Å². The van der Waals surface area contributed by atoms with Crippen molar-refractivity contribution in [2.75, 3.05) is 37.7 Å². The second-order valence-corrected chi connectivity index (χ2v) is 5.40. The maximum atomic E-state index is 13.0. The van der Waals surface area contributed by atoms with Gasteiger partial charge in [0.25, 0.3) is 0 Å². The van der Waals surface area contributed by atoms with Gasteiger partial charge < -0.3 is 15.4 Å². The molecule has 1 aromatic carbocycles. The summed E-state index contributed by atoms with van der Waals surface area (Å²) in [5, 5.41) is 0.